The number of rotatable bonds is 6. The number of nitrogens with zero attached hydrogens (tertiary/aromatic N) is 2. The number of methoxy groups -OCH3 is 1. The van der Waals surface area contributed by atoms with E-state index in [0.717, 1.165) is 12.0 Å². The minimum absolute atomic E-state index is 0.0548. The zero-order chi connectivity index (χ0) is 16.1. The van der Waals surface area contributed by atoms with E-state index in [1.54, 1.807) is 14.0 Å². The molecule has 118 valence electrons. The number of benzene rings is 1. The van der Waals surface area contributed by atoms with Gasteiger partial charge in [0.25, 0.3) is 0 Å². The molecule has 6 nitrogen and oxygen atoms in total. The molecule has 0 unspecified atom stereocenters. The van der Waals surface area contributed by atoms with Crippen LogP contribution < -0.4 is 10.1 Å². The van der Waals surface area contributed by atoms with Crippen molar-refractivity contribution in [2.45, 2.75) is 33.2 Å². The van der Waals surface area contributed by atoms with Crippen molar-refractivity contribution in [2.75, 3.05) is 7.11 Å². The summed E-state index contributed by atoms with van der Waals surface area (Å²) in [7, 11) is 1.59. The Bertz CT molecular complexity index is 639. The molecular weight excluding hydrogens is 282 g/mol. The summed E-state index contributed by atoms with van der Waals surface area (Å²) in [6.45, 7) is 5.57. The van der Waals surface area contributed by atoms with Crippen LogP contribution in [0.5, 0.6) is 5.75 Å². The van der Waals surface area contributed by atoms with Gasteiger partial charge in [-0.25, -0.2) is 0 Å². The van der Waals surface area contributed by atoms with Crippen LogP contribution in [0.3, 0.4) is 0 Å². The minimum atomic E-state index is -0.505. The molecule has 2 rings (SSSR count). The van der Waals surface area contributed by atoms with E-state index in [4.69, 9.17) is 9.26 Å². The Labute approximate surface area is 129 Å². The fraction of sp³-hybridized carbons (Fsp3) is 0.438. The van der Waals surface area contributed by atoms with Gasteiger partial charge in [0.15, 0.2) is 5.82 Å². The molecule has 6 heteroatoms. The highest BCUT2D eigenvalue weighted by Gasteiger charge is 2.26. The average molecular weight is 303 g/mol. The van der Waals surface area contributed by atoms with Gasteiger partial charge in [-0.05, 0) is 12.5 Å². The van der Waals surface area contributed by atoms with E-state index in [-0.39, 0.29) is 11.8 Å². The summed E-state index contributed by atoms with van der Waals surface area (Å²) in [6.07, 6.45) is 0.760. The third-order valence-corrected chi connectivity index (χ3v) is 3.60. The number of nitrogens with one attached hydrogen (secondary N) is 1. The number of para-hydroxylation sites is 1. The highest BCUT2D eigenvalue weighted by Crippen LogP contribution is 2.28. The molecule has 2 atom stereocenters. The number of amides is 1. The maximum Gasteiger partial charge on any atom is 0.223 e. The van der Waals surface area contributed by atoms with Crippen LogP contribution in [0.2, 0.25) is 0 Å². The van der Waals surface area contributed by atoms with Crippen LogP contribution in [-0.2, 0) is 4.79 Å². The Morgan fingerprint density at radius 1 is 1.41 bits per heavy atom. The fourth-order valence-electron chi connectivity index (χ4n) is 2.09. The lowest BCUT2D eigenvalue weighted by Gasteiger charge is -2.20. The van der Waals surface area contributed by atoms with Gasteiger partial charge in [0.2, 0.25) is 11.8 Å². The zero-order valence-corrected chi connectivity index (χ0v) is 13.3. The Morgan fingerprint density at radius 2 is 2.14 bits per heavy atom. The predicted molar refractivity (Wildman–Crippen MR) is 81.5 cm³/mol. The van der Waals surface area contributed by atoms with Gasteiger partial charge >= 0.3 is 0 Å². The molecular formula is C16H21N3O3. The molecule has 1 heterocycles. The van der Waals surface area contributed by atoms with Gasteiger partial charge in [-0.3, -0.25) is 4.79 Å². The molecule has 0 saturated carbocycles. The third kappa shape index (κ3) is 3.44. The largest absolute Gasteiger partial charge is 0.496 e. The molecule has 0 aliphatic carbocycles. The van der Waals surface area contributed by atoms with Crippen LogP contribution in [0.1, 0.15) is 43.6 Å². The molecule has 0 fully saturated rings. The van der Waals surface area contributed by atoms with Gasteiger partial charge in [0.05, 0.1) is 7.11 Å². The lowest BCUT2D eigenvalue weighted by molar-refractivity contribution is -0.125. The molecule has 0 saturated heterocycles. The molecule has 1 N–H and O–H groups in total. The molecule has 0 aliphatic rings. The number of ether oxygens (including phenoxy) is 1. The monoisotopic (exact) mass is 303 g/mol. The van der Waals surface area contributed by atoms with E-state index < -0.39 is 6.04 Å². The summed E-state index contributed by atoms with van der Waals surface area (Å²) in [5.74, 6) is 1.39. The van der Waals surface area contributed by atoms with Crippen LogP contribution in [0.15, 0.2) is 28.8 Å². The summed E-state index contributed by atoms with van der Waals surface area (Å²) in [5, 5.41) is 6.93. The SMILES string of the molecule is CC[C@@H](C)C(=O)N[C@@H](c1noc(C)n1)c1ccccc1OC. The quantitative estimate of drug-likeness (QED) is 0.887. The van der Waals surface area contributed by atoms with E-state index in [9.17, 15) is 4.79 Å². The molecule has 0 spiro atoms. The first-order valence-corrected chi connectivity index (χ1v) is 7.30. The second-order valence-corrected chi connectivity index (χ2v) is 5.16. The molecule has 1 aromatic heterocycles. The van der Waals surface area contributed by atoms with E-state index in [2.05, 4.69) is 15.5 Å². The van der Waals surface area contributed by atoms with E-state index in [1.807, 2.05) is 38.1 Å². The van der Waals surface area contributed by atoms with Crippen LogP contribution in [0.4, 0.5) is 0 Å². The highest BCUT2D eigenvalue weighted by atomic mass is 16.5. The van der Waals surface area contributed by atoms with Gasteiger partial charge in [0, 0.05) is 18.4 Å². The normalized spacial score (nSPS) is 13.5. The summed E-state index contributed by atoms with van der Waals surface area (Å²) in [6, 6.07) is 6.97. The number of aryl methyl sites for hydroxylation is 1. The summed E-state index contributed by atoms with van der Waals surface area (Å²) in [5.41, 5.74) is 0.794. The van der Waals surface area contributed by atoms with Crippen LogP contribution in [-0.4, -0.2) is 23.2 Å². The van der Waals surface area contributed by atoms with Crippen molar-refractivity contribution in [1.29, 1.82) is 0 Å². The Morgan fingerprint density at radius 3 is 2.73 bits per heavy atom. The Balaban J connectivity index is 2.39. The summed E-state index contributed by atoms with van der Waals surface area (Å²) >= 11 is 0. The topological polar surface area (TPSA) is 77.3 Å². The summed E-state index contributed by atoms with van der Waals surface area (Å²) in [4.78, 5) is 16.6. The third-order valence-electron chi connectivity index (χ3n) is 3.60. The number of carbonyl (C=O) groups is 1. The van der Waals surface area contributed by atoms with Crippen molar-refractivity contribution in [2.24, 2.45) is 5.92 Å². The number of hydrogen-bond acceptors (Lipinski definition) is 5. The smallest absolute Gasteiger partial charge is 0.223 e. The van der Waals surface area contributed by atoms with Crippen molar-refractivity contribution >= 4 is 5.91 Å². The second-order valence-electron chi connectivity index (χ2n) is 5.16. The van der Waals surface area contributed by atoms with Crippen molar-refractivity contribution in [3.63, 3.8) is 0 Å². The minimum Gasteiger partial charge on any atom is -0.496 e. The van der Waals surface area contributed by atoms with Crippen LogP contribution in [0.25, 0.3) is 0 Å². The molecule has 22 heavy (non-hydrogen) atoms. The van der Waals surface area contributed by atoms with Crippen LogP contribution >= 0.6 is 0 Å². The first kappa shape index (κ1) is 16.0. The van der Waals surface area contributed by atoms with Crippen molar-refractivity contribution in [3.05, 3.63) is 41.5 Å². The lowest BCUT2D eigenvalue weighted by Crippen LogP contribution is -2.34. The molecule has 2 aromatic rings. The predicted octanol–water partition coefficient (Wildman–Crippen LogP) is 2.64. The number of aromatic nitrogens is 2. The van der Waals surface area contributed by atoms with Gasteiger partial charge in [-0.15, -0.1) is 0 Å². The molecule has 0 bridgehead atoms. The van der Waals surface area contributed by atoms with E-state index in [0.29, 0.717) is 17.5 Å². The van der Waals surface area contributed by atoms with Gasteiger partial charge < -0.3 is 14.6 Å². The Kier molecular flexibility index (Phi) is 5.14. The maximum absolute atomic E-state index is 12.3. The van der Waals surface area contributed by atoms with Crippen molar-refractivity contribution in [3.8, 4) is 5.75 Å². The van der Waals surface area contributed by atoms with Gasteiger partial charge in [-0.1, -0.05) is 37.2 Å². The first-order chi connectivity index (χ1) is 10.6. The van der Waals surface area contributed by atoms with Crippen molar-refractivity contribution in [1.82, 2.24) is 15.5 Å². The average Bonchev–Trinajstić information content (AvgIpc) is 2.97. The first-order valence-electron chi connectivity index (χ1n) is 7.30. The lowest BCUT2D eigenvalue weighted by atomic mass is 10.0. The molecule has 0 aliphatic heterocycles. The van der Waals surface area contributed by atoms with E-state index >= 15 is 0 Å². The van der Waals surface area contributed by atoms with Gasteiger partial charge in [0.1, 0.15) is 11.8 Å². The standard InChI is InChI=1S/C16H21N3O3/c1-5-10(2)16(20)18-14(15-17-11(3)22-19-15)12-8-6-7-9-13(12)21-4/h6-10,14H,5H2,1-4H3,(H,18,20)/t10-,14-/m1/s1. The Hall–Kier alpha value is -2.37. The molecule has 1 aromatic carbocycles. The van der Waals surface area contributed by atoms with Crippen molar-refractivity contribution < 1.29 is 14.1 Å². The molecule has 1 amide bonds. The van der Waals surface area contributed by atoms with E-state index in [1.165, 1.54) is 0 Å². The highest BCUT2D eigenvalue weighted by molar-refractivity contribution is 5.79. The number of hydrogen-bond donors (Lipinski definition) is 1. The van der Waals surface area contributed by atoms with Gasteiger partial charge in [-0.2, -0.15) is 4.98 Å². The zero-order valence-electron chi connectivity index (χ0n) is 13.3. The second kappa shape index (κ2) is 7.06. The van der Waals surface area contributed by atoms with Crippen LogP contribution in [0, 0.1) is 12.8 Å². The maximum atomic E-state index is 12.3. The molecule has 0 radical (unpaired) electrons. The number of carbonyl (C=O) groups excluding carboxylic acids is 1. The fourth-order valence-corrected chi connectivity index (χ4v) is 2.09. The summed E-state index contributed by atoms with van der Waals surface area (Å²) < 4.78 is 10.4.